The lowest BCUT2D eigenvalue weighted by molar-refractivity contribution is 0.422. The molecule has 0 aromatic heterocycles. The Labute approximate surface area is 125 Å². The van der Waals surface area contributed by atoms with Crippen molar-refractivity contribution in [2.75, 3.05) is 0 Å². The van der Waals surface area contributed by atoms with Gasteiger partial charge in [0.15, 0.2) is 0 Å². The highest BCUT2D eigenvalue weighted by Gasteiger charge is 2.20. The van der Waals surface area contributed by atoms with E-state index in [-0.39, 0.29) is 0 Å². The van der Waals surface area contributed by atoms with Gasteiger partial charge in [0.2, 0.25) is 5.90 Å². The normalized spacial score (nSPS) is 14.7. The van der Waals surface area contributed by atoms with Gasteiger partial charge in [0.1, 0.15) is 5.76 Å². The van der Waals surface area contributed by atoms with E-state index < -0.39 is 0 Å². The summed E-state index contributed by atoms with van der Waals surface area (Å²) in [6.45, 7) is 6.15. The van der Waals surface area contributed by atoms with Gasteiger partial charge < -0.3 is 4.74 Å². The second-order valence-electron chi connectivity index (χ2n) is 4.85. The van der Waals surface area contributed by atoms with Crippen molar-refractivity contribution in [3.8, 4) is 0 Å². The molecule has 2 heteroatoms. The number of rotatable bonds is 3. The molecule has 2 nitrogen and oxygen atoms in total. The van der Waals surface area contributed by atoms with Crippen molar-refractivity contribution in [2.45, 2.75) is 13.3 Å². The molecule has 3 rings (SSSR count). The van der Waals surface area contributed by atoms with Gasteiger partial charge in [0, 0.05) is 16.7 Å². The van der Waals surface area contributed by atoms with Crippen molar-refractivity contribution in [2.24, 2.45) is 4.99 Å². The minimum Gasteiger partial charge on any atom is -0.439 e. The van der Waals surface area contributed by atoms with Crippen molar-refractivity contribution in [3.63, 3.8) is 0 Å². The Hall–Kier alpha value is -2.61. The maximum Gasteiger partial charge on any atom is 0.227 e. The summed E-state index contributed by atoms with van der Waals surface area (Å²) in [6, 6.07) is 20.1. The van der Waals surface area contributed by atoms with E-state index in [1.54, 1.807) is 0 Å². The molecule has 2 aromatic carbocycles. The molecule has 0 radical (unpaired) electrons. The molecular formula is C19H17NO. The Bertz CT molecular complexity index is 712. The van der Waals surface area contributed by atoms with E-state index >= 15 is 0 Å². The molecule has 0 N–H and O–H groups in total. The highest BCUT2D eigenvalue weighted by atomic mass is 16.5. The number of aliphatic imine (C=N–C) groups is 1. The van der Waals surface area contributed by atoms with Crippen molar-refractivity contribution in [1.29, 1.82) is 0 Å². The summed E-state index contributed by atoms with van der Waals surface area (Å²) in [7, 11) is 0. The van der Waals surface area contributed by atoms with Crippen LogP contribution in [0.5, 0.6) is 0 Å². The summed E-state index contributed by atoms with van der Waals surface area (Å²) in [5, 5.41) is 0. The Morgan fingerprint density at radius 3 is 2.05 bits per heavy atom. The lowest BCUT2D eigenvalue weighted by atomic mass is 10.0. The molecule has 0 fully saturated rings. The van der Waals surface area contributed by atoms with E-state index in [2.05, 4.69) is 25.6 Å². The fraction of sp³-hybridized carbons (Fsp3) is 0.105. The first kappa shape index (κ1) is 13.4. The number of nitrogens with zero attached hydrogens (tertiary/aromatic N) is 1. The van der Waals surface area contributed by atoms with Crippen molar-refractivity contribution in [3.05, 3.63) is 89.7 Å². The van der Waals surface area contributed by atoms with E-state index in [0.29, 0.717) is 11.7 Å². The zero-order valence-electron chi connectivity index (χ0n) is 12.0. The van der Waals surface area contributed by atoms with Crippen LogP contribution in [0.15, 0.2) is 83.6 Å². The highest BCUT2D eigenvalue weighted by molar-refractivity contribution is 6.00. The van der Waals surface area contributed by atoms with Gasteiger partial charge in [-0.25, -0.2) is 4.99 Å². The van der Waals surface area contributed by atoms with Crippen molar-refractivity contribution >= 4 is 11.6 Å². The van der Waals surface area contributed by atoms with Crippen molar-refractivity contribution in [1.82, 2.24) is 0 Å². The average Bonchev–Trinajstić information content (AvgIpc) is 2.55. The molecule has 0 bridgehead atoms. The van der Waals surface area contributed by atoms with Gasteiger partial charge in [-0.2, -0.15) is 0 Å². The Kier molecular flexibility index (Phi) is 3.69. The van der Waals surface area contributed by atoms with Crippen LogP contribution in [0.3, 0.4) is 0 Å². The van der Waals surface area contributed by atoms with Gasteiger partial charge in [-0.05, 0) is 18.6 Å². The molecule has 0 amide bonds. The molecule has 0 unspecified atom stereocenters. The minimum atomic E-state index is 0.608. The Morgan fingerprint density at radius 2 is 1.48 bits per heavy atom. The molecule has 1 aliphatic rings. The number of ether oxygens (including phenoxy) is 1. The monoisotopic (exact) mass is 275 g/mol. The summed E-state index contributed by atoms with van der Waals surface area (Å²) < 4.78 is 5.83. The van der Waals surface area contributed by atoms with Gasteiger partial charge in [-0.15, -0.1) is 0 Å². The molecule has 1 heterocycles. The van der Waals surface area contributed by atoms with Gasteiger partial charge in [0.05, 0.1) is 5.70 Å². The van der Waals surface area contributed by atoms with E-state index in [1.165, 1.54) is 0 Å². The smallest absolute Gasteiger partial charge is 0.227 e. The van der Waals surface area contributed by atoms with Gasteiger partial charge in [0.25, 0.3) is 0 Å². The van der Waals surface area contributed by atoms with Crippen LogP contribution in [0.25, 0.3) is 5.70 Å². The van der Waals surface area contributed by atoms with Crippen LogP contribution in [0, 0.1) is 0 Å². The molecule has 0 saturated carbocycles. The van der Waals surface area contributed by atoms with Crippen molar-refractivity contribution < 1.29 is 4.74 Å². The fourth-order valence-electron chi connectivity index (χ4n) is 2.41. The SMILES string of the molecule is C=C1OC(c2ccccc2)=NC(c2ccccc2)=C1CC. The average molecular weight is 275 g/mol. The van der Waals surface area contributed by atoms with Crippen LogP contribution >= 0.6 is 0 Å². The third-order valence-electron chi connectivity index (χ3n) is 3.48. The molecule has 0 atom stereocenters. The third-order valence-corrected chi connectivity index (χ3v) is 3.48. The van der Waals surface area contributed by atoms with E-state index in [9.17, 15) is 0 Å². The molecule has 0 spiro atoms. The van der Waals surface area contributed by atoms with E-state index in [4.69, 9.17) is 9.73 Å². The number of allylic oxidation sites excluding steroid dienone is 1. The summed E-state index contributed by atoms with van der Waals surface area (Å²) in [5.74, 6) is 1.29. The van der Waals surface area contributed by atoms with Crippen LogP contribution in [-0.4, -0.2) is 5.90 Å². The molecule has 2 aromatic rings. The van der Waals surface area contributed by atoms with Gasteiger partial charge in [-0.1, -0.05) is 62.0 Å². The summed E-state index contributed by atoms with van der Waals surface area (Å²) in [6.07, 6.45) is 0.842. The lowest BCUT2D eigenvalue weighted by Gasteiger charge is -2.21. The lowest BCUT2D eigenvalue weighted by Crippen LogP contribution is -2.13. The summed E-state index contributed by atoms with van der Waals surface area (Å²) in [5.41, 5.74) is 4.06. The Balaban J connectivity index is 2.13. The fourth-order valence-corrected chi connectivity index (χ4v) is 2.41. The molecule has 1 aliphatic heterocycles. The molecular weight excluding hydrogens is 258 g/mol. The number of hydrogen-bond acceptors (Lipinski definition) is 2. The minimum absolute atomic E-state index is 0.608. The largest absolute Gasteiger partial charge is 0.439 e. The van der Waals surface area contributed by atoms with Crippen LogP contribution in [0.2, 0.25) is 0 Å². The van der Waals surface area contributed by atoms with E-state index in [0.717, 1.165) is 28.8 Å². The first-order valence-corrected chi connectivity index (χ1v) is 7.09. The zero-order chi connectivity index (χ0) is 14.7. The molecule has 104 valence electrons. The number of hydrogen-bond donors (Lipinski definition) is 0. The highest BCUT2D eigenvalue weighted by Crippen LogP contribution is 2.32. The predicted octanol–water partition coefficient (Wildman–Crippen LogP) is 4.80. The zero-order valence-corrected chi connectivity index (χ0v) is 12.0. The Morgan fingerprint density at radius 1 is 0.905 bits per heavy atom. The van der Waals surface area contributed by atoms with Gasteiger partial charge in [-0.3, -0.25) is 0 Å². The van der Waals surface area contributed by atoms with Crippen LogP contribution in [0.4, 0.5) is 0 Å². The maximum absolute atomic E-state index is 5.83. The number of benzene rings is 2. The molecule has 0 aliphatic carbocycles. The van der Waals surface area contributed by atoms with Gasteiger partial charge >= 0.3 is 0 Å². The topological polar surface area (TPSA) is 21.6 Å². The molecule has 0 saturated heterocycles. The van der Waals surface area contributed by atoms with E-state index in [1.807, 2.05) is 48.5 Å². The first-order chi connectivity index (χ1) is 10.3. The first-order valence-electron chi connectivity index (χ1n) is 7.09. The van der Waals surface area contributed by atoms with Crippen LogP contribution in [0.1, 0.15) is 24.5 Å². The summed E-state index contributed by atoms with van der Waals surface area (Å²) in [4.78, 5) is 4.74. The van der Waals surface area contributed by atoms with Crippen LogP contribution < -0.4 is 0 Å². The van der Waals surface area contributed by atoms with Crippen LogP contribution in [-0.2, 0) is 4.74 Å². The maximum atomic E-state index is 5.83. The quantitative estimate of drug-likeness (QED) is 0.788. The third kappa shape index (κ3) is 2.65. The standard InChI is InChI=1S/C19H17NO/c1-3-17-14(2)21-19(16-12-8-5-9-13-16)20-18(17)15-10-6-4-7-11-15/h4-13H,2-3H2,1H3. The molecule has 21 heavy (non-hydrogen) atoms. The summed E-state index contributed by atoms with van der Waals surface area (Å²) >= 11 is 0. The second kappa shape index (κ2) is 5.80. The predicted molar refractivity (Wildman–Crippen MR) is 86.9 cm³/mol. The second-order valence-corrected chi connectivity index (χ2v) is 4.85.